The van der Waals surface area contributed by atoms with Crippen molar-refractivity contribution in [2.75, 3.05) is 0 Å². The van der Waals surface area contributed by atoms with Gasteiger partial charge >= 0.3 is 0 Å². The summed E-state index contributed by atoms with van der Waals surface area (Å²) >= 11 is 5.90. The van der Waals surface area contributed by atoms with Crippen LogP contribution in [0.4, 0.5) is 0 Å². The van der Waals surface area contributed by atoms with Gasteiger partial charge < -0.3 is 5.32 Å². The highest BCUT2D eigenvalue weighted by atomic mass is 35.5. The van der Waals surface area contributed by atoms with Crippen molar-refractivity contribution in [1.29, 1.82) is 0 Å². The van der Waals surface area contributed by atoms with Crippen molar-refractivity contribution >= 4 is 11.6 Å². The molecule has 1 aromatic carbocycles. The Balaban J connectivity index is 1.94. The standard InChI is InChI=1S/C15H20ClN3/c1-3-10-19-15(8-9-18-19)11-17-12(2)13-4-6-14(16)7-5-13/h4-9,12,17H,3,10-11H2,1-2H3. The maximum atomic E-state index is 5.90. The van der Waals surface area contributed by atoms with Gasteiger partial charge in [-0.3, -0.25) is 4.68 Å². The fraction of sp³-hybridized carbons (Fsp3) is 0.400. The Kier molecular flexibility index (Phi) is 5.00. The van der Waals surface area contributed by atoms with Crippen LogP contribution in [0, 0.1) is 0 Å². The molecule has 0 aliphatic rings. The summed E-state index contributed by atoms with van der Waals surface area (Å²) in [6.45, 7) is 6.11. The van der Waals surface area contributed by atoms with E-state index in [-0.39, 0.29) is 0 Å². The van der Waals surface area contributed by atoms with E-state index in [0.717, 1.165) is 24.5 Å². The molecule has 0 saturated heterocycles. The number of rotatable bonds is 6. The number of hydrogen-bond acceptors (Lipinski definition) is 2. The van der Waals surface area contributed by atoms with Crippen LogP contribution in [0.3, 0.4) is 0 Å². The van der Waals surface area contributed by atoms with Crippen molar-refractivity contribution in [3.63, 3.8) is 0 Å². The van der Waals surface area contributed by atoms with Gasteiger partial charge in [0.05, 0.1) is 5.69 Å². The molecule has 0 amide bonds. The van der Waals surface area contributed by atoms with Crippen LogP contribution in [0.1, 0.15) is 37.6 Å². The van der Waals surface area contributed by atoms with Crippen LogP contribution < -0.4 is 5.32 Å². The van der Waals surface area contributed by atoms with E-state index in [4.69, 9.17) is 11.6 Å². The van der Waals surface area contributed by atoms with E-state index in [2.05, 4.69) is 47.1 Å². The Morgan fingerprint density at radius 1 is 1.26 bits per heavy atom. The molecule has 1 N–H and O–H groups in total. The molecule has 0 spiro atoms. The number of aromatic nitrogens is 2. The summed E-state index contributed by atoms with van der Waals surface area (Å²) in [6, 6.07) is 10.3. The first kappa shape index (κ1) is 14.1. The molecule has 0 aliphatic carbocycles. The third-order valence-electron chi connectivity index (χ3n) is 3.20. The average molecular weight is 278 g/mol. The van der Waals surface area contributed by atoms with Crippen molar-refractivity contribution < 1.29 is 0 Å². The van der Waals surface area contributed by atoms with Gasteiger partial charge in [0.15, 0.2) is 0 Å². The van der Waals surface area contributed by atoms with E-state index in [1.54, 1.807) is 0 Å². The number of nitrogens with one attached hydrogen (secondary N) is 1. The van der Waals surface area contributed by atoms with Crippen molar-refractivity contribution in [1.82, 2.24) is 15.1 Å². The second kappa shape index (κ2) is 6.73. The van der Waals surface area contributed by atoms with E-state index >= 15 is 0 Å². The van der Waals surface area contributed by atoms with E-state index in [9.17, 15) is 0 Å². The van der Waals surface area contributed by atoms with Crippen LogP contribution in [-0.2, 0) is 13.1 Å². The van der Waals surface area contributed by atoms with E-state index < -0.39 is 0 Å². The van der Waals surface area contributed by atoms with Crippen molar-refractivity contribution in [3.8, 4) is 0 Å². The third kappa shape index (κ3) is 3.82. The highest BCUT2D eigenvalue weighted by Crippen LogP contribution is 2.16. The Bertz CT molecular complexity index is 504. The first-order valence-corrected chi connectivity index (χ1v) is 7.08. The molecule has 0 radical (unpaired) electrons. The summed E-state index contributed by atoms with van der Waals surface area (Å²) in [6.07, 6.45) is 2.96. The number of hydrogen-bond donors (Lipinski definition) is 1. The fourth-order valence-electron chi connectivity index (χ4n) is 2.05. The minimum atomic E-state index is 0.294. The molecule has 0 aliphatic heterocycles. The average Bonchev–Trinajstić information content (AvgIpc) is 2.85. The van der Waals surface area contributed by atoms with Crippen molar-refractivity contribution in [2.45, 2.75) is 39.4 Å². The van der Waals surface area contributed by atoms with E-state index in [1.807, 2.05) is 18.3 Å². The Hall–Kier alpha value is -1.32. The number of aryl methyl sites for hydroxylation is 1. The van der Waals surface area contributed by atoms with E-state index in [0.29, 0.717) is 6.04 Å². The van der Waals surface area contributed by atoms with Crippen LogP contribution in [0.25, 0.3) is 0 Å². The summed E-state index contributed by atoms with van der Waals surface area (Å²) in [5, 5.41) is 8.62. The molecule has 102 valence electrons. The lowest BCUT2D eigenvalue weighted by Gasteiger charge is -2.15. The molecule has 1 heterocycles. The summed E-state index contributed by atoms with van der Waals surface area (Å²) in [5.74, 6) is 0. The molecule has 0 bridgehead atoms. The maximum absolute atomic E-state index is 5.90. The molecule has 4 heteroatoms. The van der Waals surface area contributed by atoms with Gasteiger partial charge in [0.2, 0.25) is 0 Å². The molecule has 1 atom stereocenters. The van der Waals surface area contributed by atoms with Gasteiger partial charge in [-0.05, 0) is 37.1 Å². The minimum Gasteiger partial charge on any atom is -0.305 e. The van der Waals surface area contributed by atoms with Crippen molar-refractivity contribution in [3.05, 3.63) is 52.8 Å². The lowest BCUT2D eigenvalue weighted by Crippen LogP contribution is -2.20. The van der Waals surface area contributed by atoms with Gasteiger partial charge in [-0.1, -0.05) is 30.7 Å². The lowest BCUT2D eigenvalue weighted by atomic mass is 10.1. The van der Waals surface area contributed by atoms with Gasteiger partial charge in [-0.2, -0.15) is 5.10 Å². The smallest absolute Gasteiger partial charge is 0.0522 e. The summed E-state index contributed by atoms with van der Waals surface area (Å²) in [7, 11) is 0. The normalized spacial score (nSPS) is 12.6. The zero-order chi connectivity index (χ0) is 13.7. The molecular formula is C15H20ClN3. The summed E-state index contributed by atoms with van der Waals surface area (Å²) in [4.78, 5) is 0. The molecule has 0 saturated carbocycles. The van der Waals surface area contributed by atoms with E-state index in [1.165, 1.54) is 11.3 Å². The summed E-state index contributed by atoms with van der Waals surface area (Å²) < 4.78 is 2.06. The second-order valence-electron chi connectivity index (χ2n) is 4.70. The maximum Gasteiger partial charge on any atom is 0.0522 e. The van der Waals surface area contributed by atoms with Gasteiger partial charge in [0, 0.05) is 30.4 Å². The molecule has 1 unspecified atom stereocenters. The zero-order valence-electron chi connectivity index (χ0n) is 11.4. The number of nitrogens with zero attached hydrogens (tertiary/aromatic N) is 2. The molecule has 2 rings (SSSR count). The molecule has 0 fully saturated rings. The van der Waals surface area contributed by atoms with Gasteiger partial charge in [0.25, 0.3) is 0 Å². The number of benzene rings is 1. The van der Waals surface area contributed by atoms with Crippen LogP contribution in [0.15, 0.2) is 36.5 Å². The van der Waals surface area contributed by atoms with Crippen molar-refractivity contribution in [2.24, 2.45) is 0 Å². The first-order valence-electron chi connectivity index (χ1n) is 6.70. The van der Waals surface area contributed by atoms with Gasteiger partial charge in [-0.15, -0.1) is 0 Å². The lowest BCUT2D eigenvalue weighted by molar-refractivity contribution is 0.517. The van der Waals surface area contributed by atoms with Gasteiger partial charge in [-0.25, -0.2) is 0 Å². The van der Waals surface area contributed by atoms with Crippen LogP contribution in [-0.4, -0.2) is 9.78 Å². The predicted octanol–water partition coefficient (Wildman–Crippen LogP) is 3.80. The van der Waals surface area contributed by atoms with Crippen LogP contribution in [0.2, 0.25) is 5.02 Å². The Morgan fingerprint density at radius 3 is 2.68 bits per heavy atom. The Labute approximate surface area is 119 Å². The molecule has 19 heavy (non-hydrogen) atoms. The summed E-state index contributed by atoms with van der Waals surface area (Å²) in [5.41, 5.74) is 2.47. The topological polar surface area (TPSA) is 29.9 Å². The second-order valence-corrected chi connectivity index (χ2v) is 5.14. The van der Waals surface area contributed by atoms with Crippen LogP contribution >= 0.6 is 11.6 Å². The molecule has 1 aromatic heterocycles. The monoisotopic (exact) mass is 277 g/mol. The SMILES string of the molecule is CCCn1nccc1CNC(C)c1ccc(Cl)cc1. The first-order chi connectivity index (χ1) is 9.20. The molecular weight excluding hydrogens is 258 g/mol. The quantitative estimate of drug-likeness (QED) is 0.870. The largest absolute Gasteiger partial charge is 0.305 e. The molecule has 3 nitrogen and oxygen atoms in total. The molecule has 2 aromatic rings. The zero-order valence-corrected chi connectivity index (χ0v) is 12.2. The highest BCUT2D eigenvalue weighted by Gasteiger charge is 2.07. The minimum absolute atomic E-state index is 0.294. The fourth-order valence-corrected chi connectivity index (χ4v) is 2.18. The van der Waals surface area contributed by atoms with Gasteiger partial charge in [0.1, 0.15) is 0 Å². The van der Waals surface area contributed by atoms with Crippen LogP contribution in [0.5, 0.6) is 0 Å². The predicted molar refractivity (Wildman–Crippen MR) is 79.2 cm³/mol. The Morgan fingerprint density at radius 2 is 2.00 bits per heavy atom. The number of halogens is 1. The third-order valence-corrected chi connectivity index (χ3v) is 3.45. The highest BCUT2D eigenvalue weighted by molar-refractivity contribution is 6.30.